The second kappa shape index (κ2) is 5.15. The molecule has 1 atom stereocenters. The highest BCUT2D eigenvalue weighted by Gasteiger charge is 2.40. The smallest absolute Gasteiger partial charge is 0.327 e. The molecule has 3 rings (SSSR count). The molecule has 116 valence electrons. The minimum absolute atomic E-state index is 0.104. The van der Waals surface area contributed by atoms with Crippen molar-refractivity contribution in [3.05, 3.63) is 46.7 Å². The largest absolute Gasteiger partial charge is 0.416 e. The van der Waals surface area contributed by atoms with Gasteiger partial charge in [0.2, 0.25) is 0 Å². The average molecular weight is 310 g/mol. The van der Waals surface area contributed by atoms with Crippen LogP contribution in [0.15, 0.2) is 35.5 Å². The first-order valence-electron chi connectivity index (χ1n) is 6.88. The number of Topliss-reactive ketones (excluding diaryl/α,β-unsaturated/α-hetero) is 1. The van der Waals surface area contributed by atoms with Gasteiger partial charge in [-0.2, -0.15) is 13.2 Å². The summed E-state index contributed by atoms with van der Waals surface area (Å²) in [4.78, 5) is 23.9. The van der Waals surface area contributed by atoms with E-state index in [0.717, 1.165) is 6.07 Å². The van der Waals surface area contributed by atoms with Crippen LogP contribution < -0.4 is 10.6 Å². The molecule has 0 radical (unpaired) electrons. The Labute approximate surface area is 124 Å². The van der Waals surface area contributed by atoms with Crippen molar-refractivity contribution in [3.63, 3.8) is 0 Å². The molecule has 0 saturated carbocycles. The van der Waals surface area contributed by atoms with E-state index >= 15 is 0 Å². The van der Waals surface area contributed by atoms with Gasteiger partial charge in [-0.3, -0.25) is 4.79 Å². The van der Waals surface area contributed by atoms with E-state index in [0.29, 0.717) is 18.5 Å². The Hall–Kier alpha value is -2.31. The Morgan fingerprint density at radius 2 is 1.82 bits per heavy atom. The van der Waals surface area contributed by atoms with Gasteiger partial charge < -0.3 is 10.6 Å². The van der Waals surface area contributed by atoms with Gasteiger partial charge in [0, 0.05) is 17.7 Å². The Balaban J connectivity index is 2.15. The molecular weight excluding hydrogens is 297 g/mol. The summed E-state index contributed by atoms with van der Waals surface area (Å²) in [6.45, 7) is 0. The van der Waals surface area contributed by atoms with Crippen molar-refractivity contribution in [2.45, 2.75) is 31.5 Å². The fourth-order valence-electron chi connectivity index (χ4n) is 2.94. The number of hydrogen-bond acceptors (Lipinski definition) is 2. The molecule has 7 heteroatoms. The van der Waals surface area contributed by atoms with Crippen molar-refractivity contribution >= 4 is 11.8 Å². The predicted molar refractivity (Wildman–Crippen MR) is 71.7 cm³/mol. The van der Waals surface area contributed by atoms with Crippen molar-refractivity contribution in [2.24, 2.45) is 0 Å². The predicted octanol–water partition coefficient (Wildman–Crippen LogP) is 3.07. The highest BCUT2D eigenvalue weighted by Crippen LogP contribution is 2.39. The Bertz CT molecular complexity index is 680. The molecule has 22 heavy (non-hydrogen) atoms. The van der Waals surface area contributed by atoms with Crippen LogP contribution in [0.25, 0.3) is 0 Å². The van der Waals surface area contributed by atoms with E-state index in [-0.39, 0.29) is 23.3 Å². The fraction of sp³-hybridized carbons (Fsp3) is 0.333. The number of benzene rings is 1. The summed E-state index contributed by atoms with van der Waals surface area (Å²) < 4.78 is 39.6. The number of hydrogen-bond donors (Lipinski definition) is 2. The van der Waals surface area contributed by atoms with Crippen LogP contribution in [0.1, 0.15) is 36.4 Å². The molecule has 0 fully saturated rings. The zero-order chi connectivity index (χ0) is 15.9. The third-order valence-electron chi connectivity index (χ3n) is 3.86. The number of alkyl halides is 3. The van der Waals surface area contributed by atoms with Crippen LogP contribution in [0.5, 0.6) is 0 Å². The van der Waals surface area contributed by atoms with E-state index in [1.165, 1.54) is 18.2 Å². The standard InChI is InChI=1S/C15H13F3N2O2/c16-15(17,18)9-5-2-1-4-8(9)13-12-10(19-14(22)20-13)6-3-7-11(12)21/h1-2,4-5,13H,3,6-7H2,(H2,19,20,22). The molecule has 0 saturated heterocycles. The molecule has 1 aliphatic heterocycles. The second-order valence-corrected chi connectivity index (χ2v) is 5.29. The number of nitrogens with one attached hydrogen (secondary N) is 2. The Kier molecular flexibility index (Phi) is 3.42. The normalized spacial score (nSPS) is 22.0. The summed E-state index contributed by atoms with van der Waals surface area (Å²) in [6, 6.07) is 3.35. The summed E-state index contributed by atoms with van der Waals surface area (Å²) in [5.74, 6) is -0.226. The molecule has 0 aromatic heterocycles. The van der Waals surface area contributed by atoms with Crippen molar-refractivity contribution in [2.75, 3.05) is 0 Å². The maximum Gasteiger partial charge on any atom is 0.416 e. The summed E-state index contributed by atoms with van der Waals surface area (Å²) in [5.41, 5.74) is -0.274. The van der Waals surface area contributed by atoms with Crippen LogP contribution in [-0.4, -0.2) is 11.8 Å². The van der Waals surface area contributed by atoms with E-state index in [9.17, 15) is 22.8 Å². The minimum Gasteiger partial charge on any atom is -0.327 e. The van der Waals surface area contributed by atoms with Crippen LogP contribution in [0.2, 0.25) is 0 Å². The van der Waals surface area contributed by atoms with Gasteiger partial charge in [-0.25, -0.2) is 4.79 Å². The SMILES string of the molecule is O=C1NC2=C(C(=O)CCC2)C(c2ccccc2C(F)(F)F)N1. The zero-order valence-electron chi connectivity index (χ0n) is 11.5. The number of carbonyl (C=O) groups is 2. The maximum atomic E-state index is 13.2. The fourth-order valence-corrected chi connectivity index (χ4v) is 2.94. The quantitative estimate of drug-likeness (QED) is 0.837. The van der Waals surface area contributed by atoms with Crippen molar-refractivity contribution in [1.82, 2.24) is 10.6 Å². The Morgan fingerprint density at radius 3 is 2.55 bits per heavy atom. The van der Waals surface area contributed by atoms with Crippen LogP contribution in [0, 0.1) is 0 Å². The minimum atomic E-state index is -4.55. The molecular formula is C15H13F3N2O2. The van der Waals surface area contributed by atoms with Crippen LogP contribution in [0.3, 0.4) is 0 Å². The maximum absolute atomic E-state index is 13.2. The first-order chi connectivity index (χ1) is 10.4. The topological polar surface area (TPSA) is 58.2 Å². The number of rotatable bonds is 1. The molecule has 0 spiro atoms. The lowest BCUT2D eigenvalue weighted by atomic mass is 9.84. The highest BCUT2D eigenvalue weighted by molar-refractivity contribution is 6.01. The number of carbonyl (C=O) groups excluding carboxylic acids is 2. The summed E-state index contributed by atoms with van der Waals surface area (Å²) in [6.07, 6.45) is -3.20. The van der Waals surface area contributed by atoms with Gasteiger partial charge in [-0.15, -0.1) is 0 Å². The summed E-state index contributed by atoms with van der Waals surface area (Å²) in [7, 11) is 0. The third-order valence-corrected chi connectivity index (χ3v) is 3.86. The molecule has 1 aliphatic carbocycles. The van der Waals surface area contributed by atoms with E-state index in [1.807, 2.05) is 0 Å². The van der Waals surface area contributed by atoms with Crippen LogP contribution in [0.4, 0.5) is 18.0 Å². The van der Waals surface area contributed by atoms with E-state index in [4.69, 9.17) is 0 Å². The van der Waals surface area contributed by atoms with Gasteiger partial charge >= 0.3 is 12.2 Å². The molecule has 2 amide bonds. The number of halogens is 3. The van der Waals surface area contributed by atoms with Crippen LogP contribution in [-0.2, 0) is 11.0 Å². The zero-order valence-corrected chi connectivity index (χ0v) is 11.5. The number of allylic oxidation sites excluding steroid dienone is 1. The molecule has 1 heterocycles. The first-order valence-corrected chi connectivity index (χ1v) is 6.88. The van der Waals surface area contributed by atoms with E-state index in [1.54, 1.807) is 0 Å². The highest BCUT2D eigenvalue weighted by atomic mass is 19.4. The van der Waals surface area contributed by atoms with E-state index in [2.05, 4.69) is 10.6 Å². The van der Waals surface area contributed by atoms with Crippen molar-refractivity contribution in [3.8, 4) is 0 Å². The summed E-state index contributed by atoms with van der Waals surface area (Å²) in [5, 5.41) is 4.98. The van der Waals surface area contributed by atoms with Crippen molar-refractivity contribution < 1.29 is 22.8 Å². The third kappa shape index (κ3) is 2.47. The van der Waals surface area contributed by atoms with Gasteiger partial charge in [0.1, 0.15) is 0 Å². The second-order valence-electron chi connectivity index (χ2n) is 5.29. The van der Waals surface area contributed by atoms with Crippen molar-refractivity contribution in [1.29, 1.82) is 0 Å². The lowest BCUT2D eigenvalue weighted by Crippen LogP contribution is -2.47. The molecule has 1 aromatic carbocycles. The Morgan fingerprint density at radius 1 is 1.09 bits per heavy atom. The van der Waals surface area contributed by atoms with Gasteiger partial charge in [0.05, 0.1) is 11.6 Å². The molecule has 1 aromatic rings. The summed E-state index contributed by atoms with van der Waals surface area (Å²) >= 11 is 0. The van der Waals surface area contributed by atoms with Gasteiger partial charge in [0.15, 0.2) is 5.78 Å². The monoisotopic (exact) mass is 310 g/mol. The number of urea groups is 1. The molecule has 0 bridgehead atoms. The number of amides is 2. The molecule has 2 aliphatic rings. The van der Waals surface area contributed by atoms with Gasteiger partial charge in [-0.1, -0.05) is 18.2 Å². The molecule has 1 unspecified atom stereocenters. The van der Waals surface area contributed by atoms with Gasteiger partial charge in [-0.05, 0) is 24.5 Å². The van der Waals surface area contributed by atoms with E-state index < -0.39 is 23.8 Å². The lowest BCUT2D eigenvalue weighted by Gasteiger charge is -2.33. The van der Waals surface area contributed by atoms with Gasteiger partial charge in [0.25, 0.3) is 0 Å². The molecule has 4 nitrogen and oxygen atoms in total. The van der Waals surface area contributed by atoms with Crippen LogP contribution >= 0.6 is 0 Å². The molecule has 2 N–H and O–H groups in total. The first kappa shape index (κ1) is 14.6. The number of ketones is 1. The average Bonchev–Trinajstić information content (AvgIpc) is 2.45. The lowest BCUT2D eigenvalue weighted by molar-refractivity contribution is -0.138.